The molecule has 0 aromatic heterocycles. The van der Waals surface area contributed by atoms with Crippen LogP contribution < -0.4 is 5.73 Å². The Morgan fingerprint density at radius 1 is 1.44 bits per heavy atom. The van der Waals surface area contributed by atoms with Gasteiger partial charge in [-0.15, -0.1) is 0 Å². The van der Waals surface area contributed by atoms with Gasteiger partial charge in [-0.05, 0) is 38.0 Å². The molecule has 92 valence electrons. The van der Waals surface area contributed by atoms with E-state index in [1.807, 2.05) is 0 Å². The van der Waals surface area contributed by atoms with Gasteiger partial charge in [0, 0.05) is 13.0 Å². The standard InChI is InChI=1S/C13H24N2O/c1-12(2)6-4-11(5-7-12)16-9-8-13(3,15)10-14/h11H,4-9,15H2,1-3H3. The summed E-state index contributed by atoms with van der Waals surface area (Å²) in [6.45, 7) is 6.98. The van der Waals surface area contributed by atoms with Crippen LogP contribution in [0.25, 0.3) is 0 Å². The molecule has 0 spiro atoms. The molecule has 0 radical (unpaired) electrons. The van der Waals surface area contributed by atoms with Gasteiger partial charge in [-0.1, -0.05) is 13.8 Å². The second-order valence-electron chi connectivity index (χ2n) is 6.01. The number of nitrogens with two attached hydrogens (primary N) is 1. The molecule has 0 heterocycles. The molecule has 1 atom stereocenters. The topological polar surface area (TPSA) is 59.0 Å². The van der Waals surface area contributed by atoms with Crippen LogP contribution in [0.4, 0.5) is 0 Å². The highest BCUT2D eigenvalue weighted by molar-refractivity contribution is 5.00. The predicted octanol–water partition coefficient (Wildman–Crippen LogP) is 2.60. The Morgan fingerprint density at radius 3 is 2.50 bits per heavy atom. The van der Waals surface area contributed by atoms with Crippen molar-refractivity contribution in [1.29, 1.82) is 5.26 Å². The van der Waals surface area contributed by atoms with Crippen molar-refractivity contribution in [2.75, 3.05) is 6.61 Å². The molecule has 16 heavy (non-hydrogen) atoms. The van der Waals surface area contributed by atoms with Crippen LogP contribution in [0.3, 0.4) is 0 Å². The molecule has 0 aromatic rings. The lowest BCUT2D eigenvalue weighted by Gasteiger charge is -2.34. The van der Waals surface area contributed by atoms with E-state index in [1.54, 1.807) is 6.92 Å². The van der Waals surface area contributed by atoms with Crippen LogP contribution in [0.1, 0.15) is 52.9 Å². The van der Waals surface area contributed by atoms with Gasteiger partial charge in [-0.3, -0.25) is 0 Å². The van der Waals surface area contributed by atoms with E-state index in [4.69, 9.17) is 15.7 Å². The predicted molar refractivity (Wildman–Crippen MR) is 64.8 cm³/mol. The number of nitrogens with zero attached hydrogens (tertiary/aromatic N) is 1. The van der Waals surface area contributed by atoms with Crippen molar-refractivity contribution in [2.24, 2.45) is 11.1 Å². The second kappa shape index (κ2) is 5.16. The maximum Gasteiger partial charge on any atom is 0.103 e. The van der Waals surface area contributed by atoms with Crippen LogP contribution >= 0.6 is 0 Å². The second-order valence-corrected chi connectivity index (χ2v) is 6.01. The van der Waals surface area contributed by atoms with Crippen LogP contribution in [-0.2, 0) is 4.74 Å². The first-order valence-corrected chi connectivity index (χ1v) is 6.16. The zero-order chi connectivity index (χ0) is 12.2. The molecule has 1 rings (SSSR count). The average Bonchev–Trinajstić information content (AvgIpc) is 2.20. The molecule has 3 heteroatoms. The monoisotopic (exact) mass is 224 g/mol. The van der Waals surface area contributed by atoms with E-state index in [2.05, 4.69) is 19.9 Å². The van der Waals surface area contributed by atoms with E-state index in [-0.39, 0.29) is 0 Å². The fraction of sp³-hybridized carbons (Fsp3) is 0.923. The molecule has 2 N–H and O–H groups in total. The van der Waals surface area contributed by atoms with Crippen molar-refractivity contribution < 1.29 is 4.74 Å². The highest BCUT2D eigenvalue weighted by atomic mass is 16.5. The minimum absolute atomic E-state index is 0.377. The summed E-state index contributed by atoms with van der Waals surface area (Å²) in [5.41, 5.74) is 5.47. The van der Waals surface area contributed by atoms with Gasteiger partial charge in [0.2, 0.25) is 0 Å². The molecule has 0 amide bonds. The molecule has 1 saturated carbocycles. The van der Waals surface area contributed by atoms with E-state index in [0.29, 0.717) is 24.5 Å². The Labute approximate surface area is 99.0 Å². The highest BCUT2D eigenvalue weighted by Gasteiger charge is 2.27. The van der Waals surface area contributed by atoms with Crippen molar-refractivity contribution in [3.8, 4) is 6.07 Å². The number of ether oxygens (including phenoxy) is 1. The van der Waals surface area contributed by atoms with Crippen molar-refractivity contribution >= 4 is 0 Å². The Kier molecular flexibility index (Phi) is 4.35. The Bertz CT molecular complexity index is 256. The van der Waals surface area contributed by atoms with Gasteiger partial charge in [0.1, 0.15) is 5.54 Å². The van der Waals surface area contributed by atoms with Crippen LogP contribution in [0.5, 0.6) is 0 Å². The van der Waals surface area contributed by atoms with Crippen molar-refractivity contribution in [2.45, 2.75) is 64.5 Å². The average molecular weight is 224 g/mol. The molecule has 0 bridgehead atoms. The molecular weight excluding hydrogens is 200 g/mol. The van der Waals surface area contributed by atoms with Crippen molar-refractivity contribution in [1.82, 2.24) is 0 Å². The van der Waals surface area contributed by atoms with Gasteiger partial charge in [0.15, 0.2) is 0 Å². The normalized spacial score (nSPS) is 24.7. The summed E-state index contributed by atoms with van der Waals surface area (Å²) in [5.74, 6) is 0. The third-order valence-corrected chi connectivity index (χ3v) is 3.52. The SMILES string of the molecule is CC(N)(C#N)CCOC1CCC(C)(C)CC1. The lowest BCUT2D eigenvalue weighted by Crippen LogP contribution is -2.36. The van der Waals surface area contributed by atoms with E-state index in [9.17, 15) is 0 Å². The third-order valence-electron chi connectivity index (χ3n) is 3.52. The number of hydrogen-bond acceptors (Lipinski definition) is 3. The molecular formula is C13H24N2O. The summed E-state index contributed by atoms with van der Waals surface area (Å²) in [6.07, 6.45) is 5.74. The largest absolute Gasteiger partial charge is 0.378 e. The van der Waals surface area contributed by atoms with Crippen molar-refractivity contribution in [3.05, 3.63) is 0 Å². The molecule has 0 aromatic carbocycles. The maximum atomic E-state index is 8.77. The third kappa shape index (κ3) is 4.51. The summed E-state index contributed by atoms with van der Waals surface area (Å²) in [5, 5.41) is 8.77. The maximum absolute atomic E-state index is 8.77. The summed E-state index contributed by atoms with van der Waals surface area (Å²) in [6, 6.07) is 2.09. The quantitative estimate of drug-likeness (QED) is 0.798. The zero-order valence-electron chi connectivity index (χ0n) is 10.8. The van der Waals surface area contributed by atoms with Gasteiger partial charge in [0.25, 0.3) is 0 Å². The summed E-state index contributed by atoms with van der Waals surface area (Å²) >= 11 is 0. The number of hydrogen-bond donors (Lipinski definition) is 1. The minimum Gasteiger partial charge on any atom is -0.378 e. The molecule has 1 aliphatic rings. The van der Waals surface area contributed by atoms with Crippen molar-refractivity contribution in [3.63, 3.8) is 0 Å². The lowest BCUT2D eigenvalue weighted by atomic mass is 9.76. The molecule has 1 unspecified atom stereocenters. The van der Waals surface area contributed by atoms with Gasteiger partial charge in [0.05, 0.1) is 12.2 Å². The Balaban J connectivity index is 2.19. The van der Waals surface area contributed by atoms with Crippen LogP contribution in [-0.4, -0.2) is 18.2 Å². The lowest BCUT2D eigenvalue weighted by molar-refractivity contribution is 0.0000172. The van der Waals surface area contributed by atoms with Gasteiger partial charge in [-0.2, -0.15) is 5.26 Å². The molecule has 0 aliphatic heterocycles. The minimum atomic E-state index is -0.742. The molecule has 0 saturated heterocycles. The smallest absolute Gasteiger partial charge is 0.103 e. The first-order valence-electron chi connectivity index (χ1n) is 6.16. The summed E-state index contributed by atoms with van der Waals surface area (Å²) in [4.78, 5) is 0. The molecule has 3 nitrogen and oxygen atoms in total. The fourth-order valence-electron chi connectivity index (χ4n) is 2.03. The van der Waals surface area contributed by atoms with Crippen LogP contribution in [0.15, 0.2) is 0 Å². The van der Waals surface area contributed by atoms with Gasteiger partial charge < -0.3 is 10.5 Å². The number of nitriles is 1. The van der Waals surface area contributed by atoms with E-state index in [1.165, 1.54) is 12.8 Å². The fourth-order valence-corrected chi connectivity index (χ4v) is 2.03. The summed E-state index contributed by atoms with van der Waals surface area (Å²) in [7, 11) is 0. The van der Waals surface area contributed by atoms with E-state index >= 15 is 0 Å². The van der Waals surface area contributed by atoms with E-state index in [0.717, 1.165) is 12.8 Å². The molecule has 1 fully saturated rings. The Hall–Kier alpha value is -0.590. The Morgan fingerprint density at radius 2 is 2.00 bits per heavy atom. The first kappa shape index (κ1) is 13.5. The highest BCUT2D eigenvalue weighted by Crippen LogP contribution is 2.36. The molecule has 1 aliphatic carbocycles. The summed E-state index contributed by atoms with van der Waals surface area (Å²) < 4.78 is 5.78. The first-order chi connectivity index (χ1) is 7.35. The number of rotatable bonds is 4. The van der Waals surface area contributed by atoms with Gasteiger partial charge >= 0.3 is 0 Å². The van der Waals surface area contributed by atoms with Gasteiger partial charge in [-0.25, -0.2) is 0 Å². The van der Waals surface area contributed by atoms with Crippen LogP contribution in [0, 0.1) is 16.7 Å². The van der Waals surface area contributed by atoms with E-state index < -0.39 is 5.54 Å². The van der Waals surface area contributed by atoms with Crippen LogP contribution in [0.2, 0.25) is 0 Å². The zero-order valence-corrected chi connectivity index (χ0v) is 10.8.